The number of para-hydroxylation sites is 1. The zero-order valence-corrected chi connectivity index (χ0v) is 17.4. The van der Waals surface area contributed by atoms with E-state index in [1.54, 1.807) is 0 Å². The number of benzene rings is 2. The highest BCUT2D eigenvalue weighted by Crippen LogP contribution is 2.33. The monoisotopic (exact) mass is 450 g/mol. The normalized spacial score (nSPS) is 12.5. The van der Waals surface area contributed by atoms with Crippen LogP contribution in [0.3, 0.4) is 0 Å². The number of hydrogen-bond acceptors (Lipinski definition) is 6. The van der Waals surface area contributed by atoms with E-state index in [0.717, 1.165) is 26.4 Å². The molecule has 2 aromatic carbocycles. The van der Waals surface area contributed by atoms with Crippen molar-refractivity contribution in [1.29, 1.82) is 0 Å². The Balaban J connectivity index is 1.68. The summed E-state index contributed by atoms with van der Waals surface area (Å²) in [7, 11) is 0. The van der Waals surface area contributed by atoms with Crippen molar-refractivity contribution in [3.8, 4) is 11.5 Å². The van der Waals surface area contributed by atoms with Crippen molar-refractivity contribution >= 4 is 48.8 Å². The topological polar surface area (TPSA) is 18.5 Å². The minimum Gasteiger partial charge on any atom is -0.493 e. The standard InChI is InChI=1S/C18H17F3O2S4/c19-18(20,21)13-6-8-15(9-7-13)22-10-11-26-16(24)17(25)27-12-23-14-4-2-1-3-5-14/h1-9,24-25H,10-12H2/b17-16-. The molecule has 2 aromatic rings. The highest BCUT2D eigenvalue weighted by atomic mass is 32.2. The maximum Gasteiger partial charge on any atom is 0.416 e. The van der Waals surface area contributed by atoms with Crippen LogP contribution in [-0.2, 0) is 6.18 Å². The maximum atomic E-state index is 12.5. The Morgan fingerprint density at radius 3 is 2.04 bits per heavy atom. The summed E-state index contributed by atoms with van der Waals surface area (Å²) in [5, 5.41) is 0. The van der Waals surface area contributed by atoms with Crippen molar-refractivity contribution < 1.29 is 22.6 Å². The molecule has 0 heterocycles. The second kappa shape index (κ2) is 11.1. The largest absolute Gasteiger partial charge is 0.493 e. The van der Waals surface area contributed by atoms with Gasteiger partial charge in [-0.3, -0.25) is 0 Å². The molecule has 0 aliphatic heterocycles. The van der Waals surface area contributed by atoms with E-state index in [-0.39, 0.29) is 0 Å². The van der Waals surface area contributed by atoms with Crippen LogP contribution in [0.1, 0.15) is 5.56 Å². The molecule has 0 aliphatic carbocycles. The van der Waals surface area contributed by atoms with E-state index in [1.165, 1.54) is 35.7 Å². The van der Waals surface area contributed by atoms with Gasteiger partial charge >= 0.3 is 6.18 Å². The molecule has 0 spiro atoms. The molecule has 27 heavy (non-hydrogen) atoms. The van der Waals surface area contributed by atoms with E-state index in [9.17, 15) is 13.2 Å². The molecule has 0 radical (unpaired) electrons. The maximum absolute atomic E-state index is 12.5. The lowest BCUT2D eigenvalue weighted by molar-refractivity contribution is -0.137. The van der Waals surface area contributed by atoms with Crippen LogP contribution in [0.5, 0.6) is 11.5 Å². The van der Waals surface area contributed by atoms with Crippen molar-refractivity contribution in [2.45, 2.75) is 6.18 Å². The van der Waals surface area contributed by atoms with Gasteiger partial charge in [-0.1, -0.05) is 30.0 Å². The number of ether oxygens (including phenoxy) is 2. The number of thioether (sulfide) groups is 2. The Morgan fingerprint density at radius 1 is 0.815 bits per heavy atom. The van der Waals surface area contributed by atoms with Gasteiger partial charge in [0.2, 0.25) is 0 Å². The van der Waals surface area contributed by atoms with E-state index >= 15 is 0 Å². The summed E-state index contributed by atoms with van der Waals surface area (Å²) in [6, 6.07) is 14.1. The molecule has 0 atom stereocenters. The summed E-state index contributed by atoms with van der Waals surface area (Å²) in [6.07, 6.45) is -4.34. The predicted octanol–water partition coefficient (Wildman–Crippen LogP) is 6.57. The molecule has 0 saturated carbocycles. The summed E-state index contributed by atoms with van der Waals surface area (Å²) in [6.45, 7) is 0.340. The van der Waals surface area contributed by atoms with Crippen molar-refractivity contribution in [3.63, 3.8) is 0 Å². The lowest BCUT2D eigenvalue weighted by atomic mass is 10.2. The SMILES string of the molecule is FC(F)(F)c1ccc(OCCS/C(S)=C(/S)SCOc2ccccc2)cc1. The average Bonchev–Trinajstić information content (AvgIpc) is 2.65. The molecular weight excluding hydrogens is 433 g/mol. The number of alkyl halides is 3. The molecule has 0 unspecified atom stereocenters. The van der Waals surface area contributed by atoms with Crippen LogP contribution in [0, 0.1) is 0 Å². The summed E-state index contributed by atoms with van der Waals surface area (Å²) in [5.74, 6) is 2.17. The number of halogens is 3. The van der Waals surface area contributed by atoms with Gasteiger partial charge in [-0.25, -0.2) is 0 Å². The minimum absolute atomic E-state index is 0.340. The molecule has 0 N–H and O–H groups in total. The third kappa shape index (κ3) is 8.25. The summed E-state index contributed by atoms with van der Waals surface area (Å²) >= 11 is 11.7. The van der Waals surface area contributed by atoms with Crippen LogP contribution < -0.4 is 9.47 Å². The lowest BCUT2D eigenvalue weighted by Crippen LogP contribution is -2.05. The fourth-order valence-electron chi connectivity index (χ4n) is 1.83. The van der Waals surface area contributed by atoms with Crippen LogP contribution in [0.15, 0.2) is 63.1 Å². The van der Waals surface area contributed by atoms with Gasteiger partial charge in [0.15, 0.2) is 0 Å². The third-order valence-electron chi connectivity index (χ3n) is 3.12. The Bertz CT molecular complexity index is 735. The van der Waals surface area contributed by atoms with Gasteiger partial charge in [0.25, 0.3) is 0 Å². The minimum atomic E-state index is -4.34. The molecule has 9 heteroatoms. The first-order valence-electron chi connectivity index (χ1n) is 7.72. The van der Waals surface area contributed by atoms with E-state index < -0.39 is 11.7 Å². The van der Waals surface area contributed by atoms with Gasteiger partial charge in [0, 0.05) is 5.75 Å². The third-order valence-corrected chi connectivity index (χ3v) is 6.51. The Kier molecular flexibility index (Phi) is 9.14. The molecule has 0 aliphatic rings. The average molecular weight is 451 g/mol. The Morgan fingerprint density at radius 2 is 1.41 bits per heavy atom. The van der Waals surface area contributed by atoms with Crippen molar-refractivity contribution in [2.75, 3.05) is 18.3 Å². The lowest BCUT2D eigenvalue weighted by Gasteiger charge is -2.10. The highest BCUT2D eigenvalue weighted by molar-refractivity contribution is 8.21. The van der Waals surface area contributed by atoms with E-state index in [1.807, 2.05) is 30.3 Å². The molecule has 0 aromatic heterocycles. The first kappa shape index (κ1) is 22.3. The first-order valence-corrected chi connectivity index (χ1v) is 10.6. The van der Waals surface area contributed by atoms with Gasteiger partial charge in [-0.05, 0) is 36.4 Å². The second-order valence-electron chi connectivity index (χ2n) is 5.05. The van der Waals surface area contributed by atoms with E-state index in [2.05, 4.69) is 25.3 Å². The molecule has 0 fully saturated rings. The van der Waals surface area contributed by atoms with Gasteiger partial charge in [-0.2, -0.15) is 13.2 Å². The molecular formula is C18H17F3O2S4. The quantitative estimate of drug-likeness (QED) is 0.255. The number of thiol groups is 2. The predicted molar refractivity (Wildman–Crippen MR) is 114 cm³/mol. The zero-order chi connectivity index (χ0) is 19.7. The van der Waals surface area contributed by atoms with Gasteiger partial charge < -0.3 is 9.47 Å². The van der Waals surface area contributed by atoms with Crippen LogP contribution >= 0.6 is 48.8 Å². The highest BCUT2D eigenvalue weighted by Gasteiger charge is 2.29. The summed E-state index contributed by atoms with van der Waals surface area (Å²) in [4.78, 5) is 0. The van der Waals surface area contributed by atoms with Crippen molar-refractivity contribution in [1.82, 2.24) is 0 Å². The second-order valence-corrected chi connectivity index (χ2v) is 8.59. The molecule has 2 rings (SSSR count). The van der Waals surface area contributed by atoms with Gasteiger partial charge in [0.05, 0.1) is 20.6 Å². The fourth-order valence-corrected chi connectivity index (χ4v) is 3.92. The zero-order valence-electron chi connectivity index (χ0n) is 14.0. The van der Waals surface area contributed by atoms with E-state index in [4.69, 9.17) is 9.47 Å². The molecule has 0 bridgehead atoms. The van der Waals surface area contributed by atoms with Gasteiger partial charge in [0.1, 0.15) is 17.4 Å². The summed E-state index contributed by atoms with van der Waals surface area (Å²) in [5.41, 5.74) is -0.695. The molecule has 146 valence electrons. The fraction of sp³-hybridized carbons (Fsp3) is 0.222. The van der Waals surface area contributed by atoms with Crippen molar-refractivity contribution in [3.05, 3.63) is 68.6 Å². The van der Waals surface area contributed by atoms with Crippen LogP contribution in [0.2, 0.25) is 0 Å². The Hall–Kier alpha value is -1.03. The van der Waals surface area contributed by atoms with Crippen LogP contribution in [0.25, 0.3) is 0 Å². The summed E-state index contributed by atoms with van der Waals surface area (Å²) < 4.78 is 50.0. The van der Waals surface area contributed by atoms with Gasteiger partial charge in [-0.15, -0.1) is 37.0 Å². The Labute approximate surface area is 175 Å². The molecule has 0 saturated heterocycles. The van der Waals surface area contributed by atoms with Crippen LogP contribution in [0.4, 0.5) is 13.2 Å². The first-order chi connectivity index (χ1) is 12.9. The van der Waals surface area contributed by atoms with Crippen molar-refractivity contribution in [2.24, 2.45) is 0 Å². The van der Waals surface area contributed by atoms with E-state index in [0.29, 0.717) is 24.0 Å². The number of hydrogen-bond donors (Lipinski definition) is 2. The number of rotatable bonds is 9. The molecule has 0 amide bonds. The molecule has 2 nitrogen and oxygen atoms in total. The smallest absolute Gasteiger partial charge is 0.416 e. The van der Waals surface area contributed by atoms with Crippen LogP contribution in [-0.4, -0.2) is 18.3 Å².